The average Bonchev–Trinajstić information content (AvgIpc) is 2.69. The first kappa shape index (κ1) is 12.0. The summed E-state index contributed by atoms with van der Waals surface area (Å²) in [6, 6.07) is 7.40. The van der Waals surface area contributed by atoms with E-state index in [2.05, 4.69) is 9.98 Å². The van der Waals surface area contributed by atoms with Crippen LogP contribution in [0.1, 0.15) is 4.88 Å². The van der Waals surface area contributed by atoms with E-state index >= 15 is 0 Å². The SMILES string of the molecule is O=C1N=c2ccccc2=C/C1=C\c1sc(=S)[nH]c1O. The van der Waals surface area contributed by atoms with Gasteiger partial charge in [-0.05, 0) is 30.4 Å². The van der Waals surface area contributed by atoms with Gasteiger partial charge in [-0.3, -0.25) is 4.79 Å². The van der Waals surface area contributed by atoms with Crippen LogP contribution in [0.2, 0.25) is 0 Å². The minimum absolute atomic E-state index is 0.0254. The Bertz CT molecular complexity index is 875. The molecule has 2 N–H and O–H groups in total. The molecule has 2 aromatic rings. The highest BCUT2D eigenvalue weighted by Crippen LogP contribution is 2.24. The van der Waals surface area contributed by atoms with Crippen LogP contribution in [0, 0.1) is 3.95 Å². The van der Waals surface area contributed by atoms with E-state index in [1.807, 2.05) is 18.2 Å². The van der Waals surface area contributed by atoms with Gasteiger partial charge >= 0.3 is 0 Å². The fourth-order valence-corrected chi connectivity index (χ4v) is 2.84. The van der Waals surface area contributed by atoms with E-state index in [0.29, 0.717) is 19.8 Å². The quantitative estimate of drug-likeness (QED) is 0.618. The number of benzene rings is 1. The van der Waals surface area contributed by atoms with Gasteiger partial charge in [-0.1, -0.05) is 18.2 Å². The second kappa shape index (κ2) is 4.56. The van der Waals surface area contributed by atoms with Crippen LogP contribution < -0.4 is 10.6 Å². The maximum atomic E-state index is 11.9. The molecule has 1 aromatic carbocycles. The zero-order chi connectivity index (χ0) is 13.4. The lowest BCUT2D eigenvalue weighted by Gasteiger charge is -2.02. The first-order chi connectivity index (χ1) is 9.13. The number of fused-ring (bicyclic) bond motifs is 1. The van der Waals surface area contributed by atoms with Crippen molar-refractivity contribution in [3.05, 3.63) is 49.2 Å². The minimum Gasteiger partial charge on any atom is -0.494 e. The highest BCUT2D eigenvalue weighted by molar-refractivity contribution is 7.73. The van der Waals surface area contributed by atoms with E-state index in [1.165, 1.54) is 11.3 Å². The van der Waals surface area contributed by atoms with Crippen LogP contribution in [0.3, 0.4) is 0 Å². The van der Waals surface area contributed by atoms with Gasteiger partial charge in [0.2, 0.25) is 5.88 Å². The smallest absolute Gasteiger partial charge is 0.277 e. The molecule has 3 rings (SSSR count). The van der Waals surface area contributed by atoms with E-state index in [1.54, 1.807) is 18.2 Å². The Hall–Kier alpha value is -2.05. The Morgan fingerprint density at radius 3 is 2.89 bits per heavy atom. The number of rotatable bonds is 1. The molecule has 0 saturated carbocycles. The number of aromatic hydroxyl groups is 1. The lowest BCUT2D eigenvalue weighted by atomic mass is 10.1. The summed E-state index contributed by atoms with van der Waals surface area (Å²) in [6.45, 7) is 0. The van der Waals surface area contributed by atoms with Gasteiger partial charge in [-0.25, -0.2) is 4.99 Å². The third-order valence-corrected chi connectivity index (χ3v) is 3.83. The topological polar surface area (TPSA) is 65.5 Å². The van der Waals surface area contributed by atoms with Crippen molar-refractivity contribution in [2.75, 3.05) is 0 Å². The summed E-state index contributed by atoms with van der Waals surface area (Å²) in [5.41, 5.74) is 0.430. The molecule has 0 unspecified atom stereocenters. The molecule has 0 aliphatic carbocycles. The predicted octanol–water partition coefficient (Wildman–Crippen LogP) is 1.54. The van der Waals surface area contributed by atoms with E-state index in [4.69, 9.17) is 12.2 Å². The lowest BCUT2D eigenvalue weighted by Crippen LogP contribution is -2.29. The van der Waals surface area contributed by atoms with Gasteiger partial charge < -0.3 is 10.1 Å². The molecule has 0 fully saturated rings. The van der Waals surface area contributed by atoms with Crippen molar-refractivity contribution in [3.63, 3.8) is 0 Å². The standard InChI is InChI=1S/C13H8N2O2S2/c16-11-8(6-10-12(17)15-13(18)19-10)5-7-3-1-2-4-9(7)14-11/h1-6,17H,(H,15,18)/b8-6+. The van der Waals surface area contributed by atoms with Gasteiger partial charge in [-0.2, -0.15) is 0 Å². The van der Waals surface area contributed by atoms with Crippen molar-refractivity contribution in [1.29, 1.82) is 0 Å². The monoisotopic (exact) mass is 288 g/mol. The summed E-state index contributed by atoms with van der Waals surface area (Å²) in [5.74, 6) is -0.347. The number of H-pyrrole nitrogens is 1. The summed E-state index contributed by atoms with van der Waals surface area (Å²) in [4.78, 5) is 19.1. The molecule has 0 atom stereocenters. The van der Waals surface area contributed by atoms with E-state index in [9.17, 15) is 9.90 Å². The molecule has 1 aromatic heterocycles. The summed E-state index contributed by atoms with van der Waals surface area (Å²) in [6.07, 6.45) is 3.35. The summed E-state index contributed by atoms with van der Waals surface area (Å²) in [7, 11) is 0. The molecule has 19 heavy (non-hydrogen) atoms. The third-order valence-electron chi connectivity index (χ3n) is 2.66. The zero-order valence-electron chi connectivity index (χ0n) is 9.58. The van der Waals surface area contributed by atoms with Crippen LogP contribution >= 0.6 is 23.6 Å². The molecule has 94 valence electrons. The van der Waals surface area contributed by atoms with E-state index in [-0.39, 0.29) is 11.8 Å². The van der Waals surface area contributed by atoms with Gasteiger partial charge in [0.1, 0.15) is 0 Å². The van der Waals surface area contributed by atoms with Gasteiger partial charge in [0.25, 0.3) is 5.91 Å². The summed E-state index contributed by atoms with van der Waals surface area (Å²) in [5, 5.41) is 11.2. The number of hydrogen-bond acceptors (Lipinski definition) is 4. The van der Waals surface area contributed by atoms with Crippen LogP contribution in [0.25, 0.3) is 12.2 Å². The Labute approximate surface area is 117 Å². The molecule has 2 heterocycles. The number of hydrogen-bond donors (Lipinski definition) is 2. The highest BCUT2D eigenvalue weighted by Gasteiger charge is 2.12. The van der Waals surface area contributed by atoms with Crippen LogP contribution in [0.5, 0.6) is 5.88 Å². The molecule has 6 heteroatoms. The third kappa shape index (κ3) is 2.27. The van der Waals surface area contributed by atoms with Crippen molar-refractivity contribution in [1.82, 2.24) is 4.98 Å². The number of nitrogens with one attached hydrogen (secondary N) is 1. The number of nitrogens with zero attached hydrogens (tertiary/aromatic N) is 1. The van der Waals surface area contributed by atoms with Gasteiger partial charge in [0, 0.05) is 10.8 Å². The molecule has 0 bridgehead atoms. The molecule has 4 nitrogen and oxygen atoms in total. The van der Waals surface area contributed by atoms with Crippen molar-refractivity contribution in [3.8, 4) is 5.88 Å². The number of aromatic nitrogens is 1. The first-order valence-corrected chi connectivity index (χ1v) is 6.69. The molecule has 0 radical (unpaired) electrons. The van der Waals surface area contributed by atoms with Crippen LogP contribution in [-0.4, -0.2) is 16.0 Å². The maximum absolute atomic E-state index is 11.9. The van der Waals surface area contributed by atoms with Crippen LogP contribution in [0.4, 0.5) is 0 Å². The number of aromatic amines is 1. The Kier molecular flexibility index (Phi) is 2.88. The Morgan fingerprint density at radius 2 is 2.16 bits per heavy atom. The van der Waals surface area contributed by atoms with Crippen LogP contribution in [-0.2, 0) is 4.79 Å². The summed E-state index contributed by atoms with van der Waals surface area (Å²) < 4.78 is 0.463. The minimum atomic E-state index is -0.322. The van der Waals surface area contributed by atoms with Gasteiger partial charge in [-0.15, -0.1) is 11.3 Å². The number of carbonyl (C=O) groups excluding carboxylic acids is 1. The van der Waals surface area contributed by atoms with E-state index in [0.717, 1.165) is 5.22 Å². The molecule has 1 amide bonds. The van der Waals surface area contributed by atoms with Gasteiger partial charge in [0.05, 0.1) is 10.2 Å². The fourth-order valence-electron chi connectivity index (χ4n) is 1.79. The normalized spacial score (nSPS) is 15.8. The van der Waals surface area contributed by atoms with Crippen molar-refractivity contribution < 1.29 is 9.90 Å². The van der Waals surface area contributed by atoms with Crippen LogP contribution in [0.15, 0.2) is 34.8 Å². The Balaban J connectivity index is 2.18. The largest absolute Gasteiger partial charge is 0.494 e. The molecule has 0 spiro atoms. The molecular formula is C13H8N2O2S2. The average molecular weight is 288 g/mol. The number of thiazole rings is 1. The van der Waals surface area contributed by atoms with Crippen molar-refractivity contribution in [2.45, 2.75) is 0 Å². The first-order valence-electron chi connectivity index (χ1n) is 5.47. The number of amides is 1. The molecular weight excluding hydrogens is 280 g/mol. The van der Waals surface area contributed by atoms with E-state index < -0.39 is 0 Å². The second-order valence-corrected chi connectivity index (χ2v) is 5.67. The molecule has 0 saturated heterocycles. The zero-order valence-corrected chi connectivity index (χ0v) is 11.2. The van der Waals surface area contributed by atoms with Crippen molar-refractivity contribution in [2.24, 2.45) is 4.99 Å². The summed E-state index contributed by atoms with van der Waals surface area (Å²) >= 11 is 6.15. The highest BCUT2D eigenvalue weighted by atomic mass is 32.1. The number of para-hydroxylation sites is 1. The Morgan fingerprint density at radius 1 is 1.37 bits per heavy atom. The number of carbonyl (C=O) groups is 1. The lowest BCUT2D eigenvalue weighted by molar-refractivity contribution is -0.114. The predicted molar refractivity (Wildman–Crippen MR) is 75.8 cm³/mol. The molecule has 1 aliphatic heterocycles. The molecule has 1 aliphatic rings. The fraction of sp³-hybridized carbons (Fsp3) is 0. The van der Waals surface area contributed by atoms with Gasteiger partial charge in [0.15, 0.2) is 3.95 Å². The second-order valence-electron chi connectivity index (χ2n) is 3.95. The maximum Gasteiger partial charge on any atom is 0.277 e. The van der Waals surface area contributed by atoms with Crippen molar-refractivity contribution >= 4 is 41.6 Å².